The van der Waals surface area contributed by atoms with Crippen molar-refractivity contribution in [3.05, 3.63) is 41.0 Å². The Hall–Kier alpha value is -2.61. The van der Waals surface area contributed by atoms with Crippen LogP contribution in [0.3, 0.4) is 0 Å². The molecule has 2 aromatic rings. The normalized spacial score (nSPS) is 17.9. The highest BCUT2D eigenvalue weighted by Crippen LogP contribution is 2.24. The Labute approximate surface area is 160 Å². The number of ether oxygens (including phenoxy) is 2. The molecule has 3 heterocycles. The number of pyridine rings is 1. The third kappa shape index (κ3) is 4.21. The summed E-state index contributed by atoms with van der Waals surface area (Å²) in [7, 11) is 5.40. The number of guanidine groups is 1. The molecule has 8 heteroatoms. The summed E-state index contributed by atoms with van der Waals surface area (Å²) in [5.74, 6) is 1.73. The Morgan fingerprint density at radius 2 is 2.22 bits per heavy atom. The van der Waals surface area contributed by atoms with Crippen molar-refractivity contribution in [3.8, 4) is 5.75 Å². The van der Waals surface area contributed by atoms with Crippen LogP contribution in [0.4, 0.5) is 0 Å². The maximum absolute atomic E-state index is 5.92. The van der Waals surface area contributed by atoms with E-state index in [1.165, 1.54) is 0 Å². The van der Waals surface area contributed by atoms with Gasteiger partial charge in [0, 0.05) is 49.7 Å². The Kier molecular flexibility index (Phi) is 5.95. The fourth-order valence-electron chi connectivity index (χ4n) is 3.39. The molecule has 27 heavy (non-hydrogen) atoms. The van der Waals surface area contributed by atoms with Crippen LogP contribution in [0.2, 0.25) is 0 Å². The lowest BCUT2D eigenvalue weighted by Crippen LogP contribution is -2.48. The molecule has 1 aliphatic heterocycles. The SMILES string of the molecule is CN=C(NCc1ncc(C)c(OC)c1C)N1CCOC(c2cnn(C)c2)C1. The number of morpholine rings is 1. The smallest absolute Gasteiger partial charge is 0.194 e. The van der Waals surface area contributed by atoms with Crippen LogP contribution in [0.1, 0.15) is 28.5 Å². The van der Waals surface area contributed by atoms with Gasteiger partial charge < -0.3 is 19.7 Å². The number of methoxy groups -OCH3 is 1. The first-order valence-electron chi connectivity index (χ1n) is 9.08. The minimum absolute atomic E-state index is 0.00895. The topological polar surface area (TPSA) is 76.8 Å². The van der Waals surface area contributed by atoms with E-state index >= 15 is 0 Å². The van der Waals surface area contributed by atoms with Gasteiger partial charge in [-0.25, -0.2) is 0 Å². The Morgan fingerprint density at radius 1 is 1.41 bits per heavy atom. The molecule has 1 aliphatic rings. The predicted octanol–water partition coefficient (Wildman–Crippen LogP) is 1.59. The number of hydrogen-bond donors (Lipinski definition) is 1. The number of nitrogens with zero attached hydrogens (tertiary/aromatic N) is 5. The summed E-state index contributed by atoms with van der Waals surface area (Å²) in [5, 5.41) is 7.67. The van der Waals surface area contributed by atoms with Crippen LogP contribution in [-0.2, 0) is 18.3 Å². The van der Waals surface area contributed by atoms with E-state index in [4.69, 9.17) is 9.47 Å². The molecule has 0 bridgehead atoms. The predicted molar refractivity (Wildman–Crippen MR) is 104 cm³/mol. The second-order valence-electron chi connectivity index (χ2n) is 6.70. The van der Waals surface area contributed by atoms with E-state index < -0.39 is 0 Å². The molecule has 0 saturated carbocycles. The van der Waals surface area contributed by atoms with E-state index in [-0.39, 0.29) is 6.10 Å². The van der Waals surface area contributed by atoms with Gasteiger partial charge in [0.2, 0.25) is 0 Å². The summed E-state index contributed by atoms with van der Waals surface area (Å²) in [5.41, 5.74) is 4.13. The monoisotopic (exact) mass is 372 g/mol. The summed E-state index contributed by atoms with van der Waals surface area (Å²) < 4.78 is 13.2. The molecular weight excluding hydrogens is 344 g/mol. The molecule has 0 aromatic carbocycles. The first-order valence-corrected chi connectivity index (χ1v) is 9.08. The Balaban J connectivity index is 1.67. The molecular formula is C19H28N6O2. The van der Waals surface area contributed by atoms with Gasteiger partial charge in [0.05, 0.1) is 38.7 Å². The molecule has 3 rings (SSSR count). The highest BCUT2D eigenvalue weighted by molar-refractivity contribution is 5.80. The zero-order valence-corrected chi connectivity index (χ0v) is 16.7. The van der Waals surface area contributed by atoms with E-state index in [0.29, 0.717) is 13.2 Å². The van der Waals surface area contributed by atoms with Gasteiger partial charge >= 0.3 is 0 Å². The molecule has 1 unspecified atom stereocenters. The van der Waals surface area contributed by atoms with Crippen LogP contribution in [0.25, 0.3) is 0 Å². The van der Waals surface area contributed by atoms with Crippen molar-refractivity contribution in [2.45, 2.75) is 26.5 Å². The summed E-state index contributed by atoms with van der Waals surface area (Å²) in [4.78, 5) is 11.2. The van der Waals surface area contributed by atoms with Crippen molar-refractivity contribution in [1.82, 2.24) is 25.0 Å². The fraction of sp³-hybridized carbons (Fsp3) is 0.526. The van der Waals surface area contributed by atoms with Crippen LogP contribution in [0.5, 0.6) is 5.75 Å². The third-order valence-electron chi connectivity index (χ3n) is 4.84. The van der Waals surface area contributed by atoms with Gasteiger partial charge in [0.25, 0.3) is 0 Å². The molecule has 2 aromatic heterocycles. The molecule has 146 valence electrons. The van der Waals surface area contributed by atoms with Gasteiger partial charge in [-0.3, -0.25) is 14.7 Å². The van der Waals surface area contributed by atoms with Gasteiger partial charge in [-0.05, 0) is 13.8 Å². The van der Waals surface area contributed by atoms with Crippen LogP contribution in [-0.4, -0.2) is 59.5 Å². The molecule has 0 amide bonds. The minimum atomic E-state index is -0.00895. The average Bonchev–Trinajstić information content (AvgIpc) is 3.11. The second kappa shape index (κ2) is 8.39. The molecule has 1 N–H and O–H groups in total. The van der Waals surface area contributed by atoms with Crippen LogP contribution in [0, 0.1) is 13.8 Å². The van der Waals surface area contributed by atoms with Gasteiger partial charge in [-0.2, -0.15) is 5.10 Å². The van der Waals surface area contributed by atoms with Crippen molar-refractivity contribution >= 4 is 5.96 Å². The first kappa shape index (κ1) is 19.2. The molecule has 0 radical (unpaired) electrons. The van der Waals surface area contributed by atoms with Gasteiger partial charge in [0.15, 0.2) is 5.96 Å². The summed E-state index contributed by atoms with van der Waals surface area (Å²) in [6.07, 6.45) is 5.69. The molecule has 1 atom stereocenters. The zero-order chi connectivity index (χ0) is 19.4. The van der Waals surface area contributed by atoms with Crippen molar-refractivity contribution < 1.29 is 9.47 Å². The molecule has 0 spiro atoms. The standard InChI is InChI=1S/C19H28N6O2/c1-13-8-21-16(14(2)18(13)26-5)10-22-19(20-3)25-6-7-27-17(12-25)15-9-23-24(4)11-15/h8-9,11,17H,6-7,10,12H2,1-5H3,(H,20,22). The van der Waals surface area contributed by atoms with Crippen molar-refractivity contribution in [2.75, 3.05) is 33.9 Å². The van der Waals surface area contributed by atoms with E-state index in [9.17, 15) is 0 Å². The van der Waals surface area contributed by atoms with Gasteiger partial charge in [-0.1, -0.05) is 0 Å². The maximum atomic E-state index is 5.92. The fourth-order valence-corrected chi connectivity index (χ4v) is 3.39. The van der Waals surface area contributed by atoms with E-state index in [1.54, 1.807) is 18.8 Å². The maximum Gasteiger partial charge on any atom is 0.194 e. The zero-order valence-electron chi connectivity index (χ0n) is 16.7. The number of nitrogens with one attached hydrogen (secondary N) is 1. The number of aliphatic imine (C=N–C) groups is 1. The molecule has 1 fully saturated rings. The third-order valence-corrected chi connectivity index (χ3v) is 4.84. The lowest BCUT2D eigenvalue weighted by Gasteiger charge is -2.34. The largest absolute Gasteiger partial charge is 0.496 e. The van der Waals surface area contributed by atoms with Gasteiger partial charge in [0.1, 0.15) is 11.9 Å². The van der Waals surface area contributed by atoms with E-state index in [1.807, 2.05) is 39.5 Å². The Morgan fingerprint density at radius 3 is 2.89 bits per heavy atom. The van der Waals surface area contributed by atoms with Crippen LogP contribution < -0.4 is 10.1 Å². The van der Waals surface area contributed by atoms with Crippen molar-refractivity contribution in [3.63, 3.8) is 0 Å². The number of rotatable bonds is 4. The molecule has 8 nitrogen and oxygen atoms in total. The molecule has 0 aliphatic carbocycles. The Bertz CT molecular complexity index is 817. The summed E-state index contributed by atoms with van der Waals surface area (Å²) in [6.45, 7) is 6.79. The lowest BCUT2D eigenvalue weighted by atomic mass is 10.1. The first-order chi connectivity index (χ1) is 13.0. The van der Waals surface area contributed by atoms with Crippen LogP contribution in [0.15, 0.2) is 23.6 Å². The number of aromatic nitrogens is 3. The van der Waals surface area contributed by atoms with Gasteiger partial charge in [-0.15, -0.1) is 0 Å². The van der Waals surface area contributed by atoms with E-state index in [2.05, 4.69) is 25.3 Å². The van der Waals surface area contributed by atoms with Crippen LogP contribution >= 0.6 is 0 Å². The molecule has 1 saturated heterocycles. The lowest BCUT2D eigenvalue weighted by molar-refractivity contribution is -0.00805. The summed E-state index contributed by atoms with van der Waals surface area (Å²) >= 11 is 0. The summed E-state index contributed by atoms with van der Waals surface area (Å²) in [6, 6.07) is 0. The highest BCUT2D eigenvalue weighted by Gasteiger charge is 2.25. The minimum Gasteiger partial charge on any atom is -0.496 e. The second-order valence-corrected chi connectivity index (χ2v) is 6.70. The van der Waals surface area contributed by atoms with E-state index in [0.717, 1.165) is 47.2 Å². The average molecular weight is 372 g/mol. The van der Waals surface area contributed by atoms with Crippen molar-refractivity contribution in [1.29, 1.82) is 0 Å². The highest BCUT2D eigenvalue weighted by atomic mass is 16.5. The van der Waals surface area contributed by atoms with Crippen molar-refractivity contribution in [2.24, 2.45) is 12.0 Å². The quantitative estimate of drug-likeness (QED) is 0.649. The number of aryl methyl sites for hydroxylation is 2. The number of hydrogen-bond acceptors (Lipinski definition) is 5.